The van der Waals surface area contributed by atoms with Crippen LogP contribution in [0.25, 0.3) is 0 Å². The molecule has 0 aromatic rings. The molecule has 0 aliphatic carbocycles. The summed E-state index contributed by atoms with van der Waals surface area (Å²) in [7, 11) is -5.39. The van der Waals surface area contributed by atoms with Crippen molar-refractivity contribution >= 4 is 30.9 Å². The van der Waals surface area contributed by atoms with Gasteiger partial charge in [-0.1, -0.05) is 78.1 Å². The molecule has 0 atom stereocenters. The summed E-state index contributed by atoms with van der Waals surface area (Å²) in [5.74, 6) is 0. The maximum Gasteiger partial charge on any atom is 2.00 e. The predicted octanol–water partition coefficient (Wildman–Crippen LogP) is 3.16. The maximum atomic E-state index is 8.55. The molecule has 132 valence electrons. The molecule has 0 N–H and O–H groups in total. The molecule has 0 amide bonds. The van der Waals surface area contributed by atoms with Crippen LogP contribution >= 0.6 is 7.82 Å². The molecule has 0 aliphatic rings. The monoisotopic (exact) mass is 345 g/mol. The van der Waals surface area contributed by atoms with Crippen molar-refractivity contribution in [3.05, 3.63) is 13.8 Å². The van der Waals surface area contributed by atoms with Crippen LogP contribution < -0.4 is 14.7 Å². The summed E-state index contributed by atoms with van der Waals surface area (Å²) in [6, 6.07) is 0. The minimum Gasteiger partial charge on any atom is -0.822 e. The smallest absolute Gasteiger partial charge is 0.822 e. The molecule has 22 heavy (non-hydrogen) atoms. The average molecular weight is 346 g/mol. The molecule has 0 rings (SSSR count). The van der Waals surface area contributed by atoms with Crippen LogP contribution in [-0.2, 0) is 4.57 Å². The molecule has 0 radical (unpaired) electrons. The van der Waals surface area contributed by atoms with E-state index in [2.05, 4.69) is 27.7 Å². The first-order chi connectivity index (χ1) is 9.83. The second-order valence-corrected chi connectivity index (χ2v) is 5.88. The Labute approximate surface area is 154 Å². The van der Waals surface area contributed by atoms with E-state index in [1.54, 1.807) is 0 Å². The van der Waals surface area contributed by atoms with Crippen molar-refractivity contribution in [1.29, 1.82) is 0 Å². The van der Waals surface area contributed by atoms with Gasteiger partial charge in [0.2, 0.25) is 0 Å². The Balaban J connectivity index is -0.000000111. The number of hydrogen-bond donors (Lipinski definition) is 0. The zero-order chi connectivity index (χ0) is 17.0. The van der Waals surface area contributed by atoms with Crippen molar-refractivity contribution in [3.63, 3.8) is 0 Å². The van der Waals surface area contributed by atoms with Crippen LogP contribution in [0.3, 0.4) is 0 Å². The Bertz CT molecular complexity index is 178. The van der Waals surface area contributed by atoms with E-state index in [9.17, 15) is 0 Å². The first kappa shape index (κ1) is 30.7. The van der Waals surface area contributed by atoms with E-state index in [0.717, 1.165) is 12.8 Å². The molecule has 0 aromatic carbocycles. The SMILES string of the molecule is O=P([O-])([O-])[O-].[CH2-]CCCCCCC.[CH2-]CCCCCCC.[Mg+2]. The second kappa shape index (κ2) is 26.8. The number of unbranched alkanes of at least 4 members (excludes halogenated alkanes) is 10. The Morgan fingerprint density at radius 2 is 0.909 bits per heavy atom. The van der Waals surface area contributed by atoms with Gasteiger partial charge in [0.15, 0.2) is 0 Å². The summed E-state index contributed by atoms with van der Waals surface area (Å²) >= 11 is 0. The van der Waals surface area contributed by atoms with Crippen LogP contribution in [0, 0.1) is 13.8 Å². The standard InChI is InChI=1S/2C8H17.Mg.H3O4P/c2*1-3-5-7-8-6-4-2;;1-5(2,3)4/h2*1,3-8H2,2H3;;(H3,1,2,3,4)/q2*-1;+2;/p-3. The van der Waals surface area contributed by atoms with E-state index < -0.39 is 7.82 Å². The third-order valence-corrected chi connectivity index (χ3v) is 2.71. The van der Waals surface area contributed by atoms with Gasteiger partial charge in [-0.3, -0.25) is 0 Å². The van der Waals surface area contributed by atoms with E-state index in [4.69, 9.17) is 19.2 Å². The second-order valence-electron chi connectivity index (χ2n) is 4.98. The number of hydrogen-bond acceptors (Lipinski definition) is 4. The third-order valence-electron chi connectivity index (χ3n) is 2.71. The van der Waals surface area contributed by atoms with Gasteiger partial charge in [-0.25, -0.2) is 0 Å². The largest absolute Gasteiger partial charge is 2.00 e. The Morgan fingerprint density at radius 3 is 1.09 bits per heavy atom. The Morgan fingerprint density at radius 1 is 0.682 bits per heavy atom. The van der Waals surface area contributed by atoms with Gasteiger partial charge < -0.3 is 33.1 Å². The van der Waals surface area contributed by atoms with E-state index >= 15 is 0 Å². The molecule has 0 aliphatic heterocycles. The summed E-state index contributed by atoms with van der Waals surface area (Å²) in [5.41, 5.74) is 0. The first-order valence-electron chi connectivity index (χ1n) is 8.14. The van der Waals surface area contributed by atoms with E-state index in [0.29, 0.717) is 0 Å². The topological polar surface area (TPSA) is 86.2 Å². The van der Waals surface area contributed by atoms with Crippen molar-refractivity contribution in [2.45, 2.75) is 90.9 Å². The van der Waals surface area contributed by atoms with Crippen LogP contribution in [-0.4, -0.2) is 23.1 Å². The molecular formula is C16H34MgO4P-3. The van der Waals surface area contributed by atoms with Crippen molar-refractivity contribution < 1.29 is 19.2 Å². The summed E-state index contributed by atoms with van der Waals surface area (Å²) < 4.78 is 8.55. The Hall–Kier alpha value is 0.876. The van der Waals surface area contributed by atoms with Gasteiger partial charge in [0.25, 0.3) is 0 Å². The predicted molar refractivity (Wildman–Crippen MR) is 90.8 cm³/mol. The molecule has 6 heteroatoms. The van der Waals surface area contributed by atoms with Crippen LogP contribution in [0.4, 0.5) is 0 Å². The van der Waals surface area contributed by atoms with Gasteiger partial charge in [-0.05, 0) is 0 Å². The molecule has 0 unspecified atom stereocenters. The molecule has 0 heterocycles. The first-order valence-corrected chi connectivity index (χ1v) is 9.61. The zero-order valence-corrected chi connectivity index (χ0v) is 17.0. The van der Waals surface area contributed by atoms with Crippen LogP contribution in [0.5, 0.6) is 0 Å². The summed E-state index contributed by atoms with van der Waals surface area (Å²) in [5, 5.41) is 0. The van der Waals surface area contributed by atoms with Crippen molar-refractivity contribution in [2.75, 3.05) is 0 Å². The van der Waals surface area contributed by atoms with Crippen LogP contribution in [0.1, 0.15) is 90.9 Å². The molecule has 0 bridgehead atoms. The fraction of sp³-hybridized carbons (Fsp3) is 0.875. The minimum atomic E-state index is -5.39. The number of phosphoric acid groups is 1. The molecule has 0 spiro atoms. The fourth-order valence-corrected chi connectivity index (χ4v) is 1.56. The summed E-state index contributed by atoms with van der Waals surface area (Å²) in [6.45, 7) is 12.0. The van der Waals surface area contributed by atoms with Gasteiger partial charge in [0.05, 0.1) is 0 Å². The third kappa shape index (κ3) is 69.7. The zero-order valence-electron chi connectivity index (χ0n) is 14.7. The fourth-order valence-electron chi connectivity index (χ4n) is 1.56. The van der Waals surface area contributed by atoms with Crippen LogP contribution in [0.15, 0.2) is 0 Å². The normalized spacial score (nSPS) is 9.77. The van der Waals surface area contributed by atoms with E-state index in [1.165, 1.54) is 64.2 Å². The average Bonchev–Trinajstić information content (AvgIpc) is 2.39. The van der Waals surface area contributed by atoms with E-state index in [-0.39, 0.29) is 23.1 Å². The summed E-state index contributed by atoms with van der Waals surface area (Å²) in [4.78, 5) is 25.6. The summed E-state index contributed by atoms with van der Waals surface area (Å²) in [6.07, 6.45) is 16.0. The van der Waals surface area contributed by atoms with Gasteiger partial charge in [0.1, 0.15) is 0 Å². The Kier molecular flexibility index (Phi) is 37.4. The van der Waals surface area contributed by atoms with Crippen molar-refractivity contribution in [2.24, 2.45) is 0 Å². The van der Waals surface area contributed by atoms with Gasteiger partial charge in [0, 0.05) is 0 Å². The van der Waals surface area contributed by atoms with Gasteiger partial charge in [-0.15, -0.1) is 0 Å². The molecule has 0 saturated carbocycles. The van der Waals surface area contributed by atoms with Gasteiger partial charge >= 0.3 is 23.1 Å². The van der Waals surface area contributed by atoms with Gasteiger partial charge in [-0.2, -0.15) is 20.7 Å². The van der Waals surface area contributed by atoms with Crippen molar-refractivity contribution in [1.82, 2.24) is 0 Å². The van der Waals surface area contributed by atoms with Crippen molar-refractivity contribution in [3.8, 4) is 0 Å². The molecule has 0 saturated heterocycles. The van der Waals surface area contributed by atoms with Crippen LogP contribution in [0.2, 0.25) is 0 Å². The minimum absolute atomic E-state index is 0. The molecular weight excluding hydrogens is 311 g/mol. The maximum absolute atomic E-state index is 8.55. The molecule has 0 fully saturated rings. The quantitative estimate of drug-likeness (QED) is 0.263. The molecule has 0 aromatic heterocycles. The van der Waals surface area contributed by atoms with E-state index in [1.807, 2.05) is 0 Å². The number of rotatable bonds is 10. The molecule has 4 nitrogen and oxygen atoms in total.